The van der Waals surface area contributed by atoms with Crippen LogP contribution in [0.15, 0.2) is 29.3 Å². The molecule has 0 unspecified atom stereocenters. The fourth-order valence-electron chi connectivity index (χ4n) is 3.34. The zero-order chi connectivity index (χ0) is 12.4. The van der Waals surface area contributed by atoms with Crippen molar-refractivity contribution in [1.82, 2.24) is 5.32 Å². The minimum Gasteiger partial charge on any atom is -0.370 e. The molecule has 2 aliphatic rings. The Labute approximate surface area is 109 Å². The normalized spacial score (nSPS) is 22.3. The third-order valence-corrected chi connectivity index (χ3v) is 4.45. The molecular formula is C15H21N3. The van der Waals surface area contributed by atoms with Crippen molar-refractivity contribution in [2.75, 3.05) is 24.5 Å². The van der Waals surface area contributed by atoms with E-state index >= 15 is 0 Å². The molecule has 1 N–H and O–H groups in total. The highest BCUT2D eigenvalue weighted by atomic mass is 15.2. The van der Waals surface area contributed by atoms with Crippen molar-refractivity contribution in [3.8, 4) is 0 Å². The number of piperidine rings is 1. The van der Waals surface area contributed by atoms with Crippen LogP contribution in [0.3, 0.4) is 0 Å². The topological polar surface area (TPSA) is 27.6 Å². The van der Waals surface area contributed by atoms with Gasteiger partial charge in [0, 0.05) is 18.6 Å². The predicted octanol–water partition coefficient (Wildman–Crippen LogP) is 2.74. The predicted molar refractivity (Wildman–Crippen MR) is 77.1 cm³/mol. The second-order valence-electron chi connectivity index (χ2n) is 5.44. The van der Waals surface area contributed by atoms with Crippen molar-refractivity contribution in [2.24, 2.45) is 4.99 Å². The Morgan fingerprint density at radius 2 is 1.94 bits per heavy atom. The number of nitrogens with one attached hydrogen (secondary N) is 1. The van der Waals surface area contributed by atoms with E-state index in [0.717, 1.165) is 18.8 Å². The molecular weight excluding hydrogens is 222 g/mol. The van der Waals surface area contributed by atoms with Crippen LogP contribution in [-0.2, 0) is 0 Å². The highest BCUT2D eigenvalue weighted by molar-refractivity contribution is 5.69. The van der Waals surface area contributed by atoms with Crippen molar-refractivity contribution >= 4 is 18.1 Å². The molecule has 96 valence electrons. The fraction of sp³-hybridized carbons (Fsp3) is 0.533. The summed E-state index contributed by atoms with van der Waals surface area (Å²) in [5.74, 6) is 0. The molecule has 0 bridgehead atoms. The number of para-hydroxylation sites is 2. The first kappa shape index (κ1) is 11.7. The van der Waals surface area contributed by atoms with Gasteiger partial charge in [-0.1, -0.05) is 12.1 Å². The van der Waals surface area contributed by atoms with E-state index in [1.54, 1.807) is 0 Å². The summed E-state index contributed by atoms with van der Waals surface area (Å²) in [6.45, 7) is 7.12. The maximum atomic E-state index is 4.13. The number of anilines is 1. The van der Waals surface area contributed by atoms with Gasteiger partial charge in [0.2, 0.25) is 0 Å². The van der Waals surface area contributed by atoms with Gasteiger partial charge in [-0.15, -0.1) is 0 Å². The Balaban J connectivity index is 1.74. The van der Waals surface area contributed by atoms with Crippen molar-refractivity contribution in [1.29, 1.82) is 0 Å². The van der Waals surface area contributed by atoms with Crippen LogP contribution in [0.25, 0.3) is 0 Å². The largest absolute Gasteiger partial charge is 0.370 e. The monoisotopic (exact) mass is 243 g/mol. The van der Waals surface area contributed by atoms with Gasteiger partial charge in [-0.05, 0) is 51.1 Å². The number of benzene rings is 1. The van der Waals surface area contributed by atoms with Crippen LogP contribution >= 0.6 is 0 Å². The van der Waals surface area contributed by atoms with E-state index in [9.17, 15) is 0 Å². The Bertz CT molecular complexity index is 425. The Kier molecular flexibility index (Phi) is 3.08. The van der Waals surface area contributed by atoms with Crippen LogP contribution in [0.4, 0.5) is 11.4 Å². The lowest BCUT2D eigenvalue weighted by Gasteiger charge is -2.41. The minimum absolute atomic E-state index is 0.438. The number of hydrogen-bond acceptors (Lipinski definition) is 3. The molecule has 18 heavy (non-hydrogen) atoms. The summed E-state index contributed by atoms with van der Waals surface area (Å²) in [5, 5.41) is 3.71. The van der Waals surface area contributed by atoms with E-state index in [1.807, 2.05) is 12.1 Å². The van der Waals surface area contributed by atoms with Gasteiger partial charge in [0.15, 0.2) is 0 Å². The van der Waals surface area contributed by atoms with E-state index in [0.29, 0.717) is 5.54 Å². The molecule has 0 aromatic heterocycles. The van der Waals surface area contributed by atoms with Gasteiger partial charge in [-0.25, -0.2) is 0 Å². The summed E-state index contributed by atoms with van der Waals surface area (Å²) >= 11 is 0. The van der Waals surface area contributed by atoms with E-state index in [1.165, 1.54) is 37.9 Å². The molecule has 0 amide bonds. The van der Waals surface area contributed by atoms with E-state index < -0.39 is 0 Å². The SMILES string of the molecule is C=Nc1ccccc1N1CCC2(CCCN2)CC1. The number of rotatable bonds is 2. The molecule has 0 atom stereocenters. The Morgan fingerprint density at radius 1 is 1.17 bits per heavy atom. The Hall–Kier alpha value is -1.35. The lowest BCUT2D eigenvalue weighted by atomic mass is 9.86. The molecule has 1 spiro atoms. The van der Waals surface area contributed by atoms with Crippen LogP contribution in [0, 0.1) is 0 Å². The molecule has 0 radical (unpaired) electrons. The quantitative estimate of drug-likeness (QED) is 0.809. The average Bonchev–Trinajstić information content (AvgIpc) is 2.88. The van der Waals surface area contributed by atoms with Crippen LogP contribution in [0.2, 0.25) is 0 Å². The summed E-state index contributed by atoms with van der Waals surface area (Å²) in [6, 6.07) is 8.31. The summed E-state index contributed by atoms with van der Waals surface area (Å²) in [5.41, 5.74) is 2.68. The molecule has 2 aliphatic heterocycles. The van der Waals surface area contributed by atoms with Gasteiger partial charge in [-0.3, -0.25) is 4.99 Å². The maximum Gasteiger partial charge on any atom is 0.0855 e. The van der Waals surface area contributed by atoms with Gasteiger partial charge in [-0.2, -0.15) is 0 Å². The highest BCUT2D eigenvalue weighted by Crippen LogP contribution is 2.35. The average molecular weight is 243 g/mol. The molecule has 1 aromatic rings. The first-order valence-corrected chi connectivity index (χ1v) is 6.89. The molecule has 0 aliphatic carbocycles. The van der Waals surface area contributed by atoms with Crippen LogP contribution in [-0.4, -0.2) is 31.9 Å². The number of hydrogen-bond donors (Lipinski definition) is 1. The molecule has 3 nitrogen and oxygen atoms in total. The summed E-state index contributed by atoms with van der Waals surface area (Å²) in [4.78, 5) is 6.58. The standard InChI is InChI=1S/C15H21N3/c1-16-13-5-2-3-6-14(13)18-11-8-15(9-12-18)7-4-10-17-15/h2-3,5-6,17H,1,4,7-12H2. The fourth-order valence-corrected chi connectivity index (χ4v) is 3.34. The zero-order valence-corrected chi connectivity index (χ0v) is 10.9. The van der Waals surface area contributed by atoms with Gasteiger partial charge in [0.25, 0.3) is 0 Å². The van der Waals surface area contributed by atoms with Gasteiger partial charge >= 0.3 is 0 Å². The van der Waals surface area contributed by atoms with Crippen LogP contribution in [0.5, 0.6) is 0 Å². The third-order valence-electron chi connectivity index (χ3n) is 4.45. The Morgan fingerprint density at radius 3 is 2.61 bits per heavy atom. The first-order valence-electron chi connectivity index (χ1n) is 6.89. The highest BCUT2D eigenvalue weighted by Gasteiger charge is 2.36. The van der Waals surface area contributed by atoms with Crippen molar-refractivity contribution < 1.29 is 0 Å². The van der Waals surface area contributed by atoms with E-state index in [-0.39, 0.29) is 0 Å². The molecule has 2 fully saturated rings. The number of nitrogens with zero attached hydrogens (tertiary/aromatic N) is 2. The minimum atomic E-state index is 0.438. The molecule has 1 aromatic carbocycles. The van der Waals surface area contributed by atoms with Crippen LogP contribution in [0.1, 0.15) is 25.7 Å². The third kappa shape index (κ3) is 2.03. The molecule has 2 heterocycles. The van der Waals surface area contributed by atoms with E-state index in [4.69, 9.17) is 0 Å². The number of aliphatic imine (C=N–C) groups is 1. The lowest BCUT2D eigenvalue weighted by Crippen LogP contribution is -2.50. The maximum absolute atomic E-state index is 4.13. The summed E-state index contributed by atoms with van der Waals surface area (Å²) < 4.78 is 0. The molecule has 3 heteroatoms. The second kappa shape index (κ2) is 4.73. The van der Waals surface area contributed by atoms with Crippen molar-refractivity contribution in [3.63, 3.8) is 0 Å². The summed E-state index contributed by atoms with van der Waals surface area (Å²) in [7, 11) is 0. The van der Waals surface area contributed by atoms with Gasteiger partial charge < -0.3 is 10.2 Å². The van der Waals surface area contributed by atoms with Crippen molar-refractivity contribution in [2.45, 2.75) is 31.2 Å². The molecule has 0 saturated carbocycles. The summed E-state index contributed by atoms with van der Waals surface area (Å²) in [6.07, 6.45) is 5.18. The zero-order valence-electron chi connectivity index (χ0n) is 10.9. The van der Waals surface area contributed by atoms with Crippen molar-refractivity contribution in [3.05, 3.63) is 24.3 Å². The van der Waals surface area contributed by atoms with Gasteiger partial charge in [0.1, 0.15) is 0 Å². The molecule has 3 rings (SSSR count). The smallest absolute Gasteiger partial charge is 0.0855 e. The van der Waals surface area contributed by atoms with E-state index in [2.05, 4.69) is 34.1 Å². The second-order valence-corrected chi connectivity index (χ2v) is 5.44. The van der Waals surface area contributed by atoms with Crippen LogP contribution < -0.4 is 10.2 Å². The molecule has 2 saturated heterocycles. The van der Waals surface area contributed by atoms with Gasteiger partial charge in [0.05, 0.1) is 11.4 Å². The lowest BCUT2D eigenvalue weighted by molar-refractivity contribution is 0.297. The first-order chi connectivity index (χ1) is 8.83.